The normalized spacial score (nSPS) is 15.4. The summed E-state index contributed by atoms with van der Waals surface area (Å²) in [6, 6.07) is 8.67. The minimum absolute atomic E-state index is 0.00333. The third-order valence-corrected chi connectivity index (χ3v) is 4.92. The lowest BCUT2D eigenvalue weighted by Crippen LogP contribution is -2.37. The van der Waals surface area contributed by atoms with Crippen molar-refractivity contribution in [1.82, 2.24) is 4.98 Å². The molecule has 0 atom stereocenters. The Bertz CT molecular complexity index is 747. The van der Waals surface area contributed by atoms with E-state index < -0.39 is 4.92 Å². The Balaban J connectivity index is 1.49. The van der Waals surface area contributed by atoms with E-state index in [9.17, 15) is 10.1 Å². The van der Waals surface area contributed by atoms with Crippen molar-refractivity contribution < 1.29 is 9.66 Å². The van der Waals surface area contributed by atoms with Crippen molar-refractivity contribution in [2.45, 2.75) is 25.6 Å². The van der Waals surface area contributed by atoms with E-state index in [0.717, 1.165) is 37.3 Å². The first-order valence-electron chi connectivity index (χ1n) is 7.94. The van der Waals surface area contributed by atoms with E-state index in [2.05, 4.69) is 9.88 Å². The Morgan fingerprint density at radius 3 is 2.56 bits per heavy atom. The smallest absolute Gasteiger partial charge is 0.287 e. The number of piperidine rings is 1. The number of ether oxygens (including phenoxy) is 1. The van der Waals surface area contributed by atoms with Crippen LogP contribution in [0.15, 0.2) is 36.5 Å². The summed E-state index contributed by atoms with van der Waals surface area (Å²) in [5.74, 6) is 0.758. The van der Waals surface area contributed by atoms with E-state index in [1.165, 1.54) is 12.3 Å². The lowest BCUT2D eigenvalue weighted by atomic mass is 10.1. The van der Waals surface area contributed by atoms with Crippen LogP contribution in [0.5, 0.6) is 0 Å². The van der Waals surface area contributed by atoms with Crippen molar-refractivity contribution in [1.29, 1.82) is 0 Å². The SMILES string of the molecule is O=[N+]([O-])c1ccc(N2CCC(OCc3ccc(Cl)c(Cl)c3)CC2)nc1. The second-order valence-corrected chi connectivity index (χ2v) is 6.69. The molecule has 1 aromatic heterocycles. The molecule has 25 heavy (non-hydrogen) atoms. The number of pyridine rings is 1. The Morgan fingerprint density at radius 1 is 1.20 bits per heavy atom. The maximum atomic E-state index is 10.7. The van der Waals surface area contributed by atoms with E-state index in [0.29, 0.717) is 16.7 Å². The van der Waals surface area contributed by atoms with Crippen molar-refractivity contribution in [3.8, 4) is 0 Å². The number of anilines is 1. The largest absolute Gasteiger partial charge is 0.373 e. The van der Waals surface area contributed by atoms with Crippen LogP contribution < -0.4 is 4.90 Å². The predicted molar refractivity (Wildman–Crippen MR) is 97.4 cm³/mol. The van der Waals surface area contributed by atoms with Crippen LogP contribution in [0, 0.1) is 10.1 Å². The third-order valence-electron chi connectivity index (χ3n) is 4.18. The minimum Gasteiger partial charge on any atom is -0.373 e. The number of rotatable bonds is 5. The average Bonchev–Trinajstić information content (AvgIpc) is 2.63. The van der Waals surface area contributed by atoms with Crippen LogP contribution in [-0.2, 0) is 11.3 Å². The maximum Gasteiger partial charge on any atom is 0.287 e. The van der Waals surface area contributed by atoms with Crippen molar-refractivity contribution in [3.05, 3.63) is 62.3 Å². The molecule has 0 amide bonds. The molecule has 0 aliphatic carbocycles. The molecule has 1 fully saturated rings. The van der Waals surface area contributed by atoms with Gasteiger partial charge in [-0.2, -0.15) is 0 Å². The second-order valence-electron chi connectivity index (χ2n) is 5.88. The zero-order chi connectivity index (χ0) is 17.8. The number of hydrogen-bond donors (Lipinski definition) is 0. The summed E-state index contributed by atoms with van der Waals surface area (Å²) in [6.07, 6.45) is 3.21. The van der Waals surface area contributed by atoms with Crippen molar-refractivity contribution >= 4 is 34.7 Å². The maximum absolute atomic E-state index is 10.7. The molecule has 0 spiro atoms. The molecule has 0 unspecified atom stereocenters. The van der Waals surface area contributed by atoms with Crippen LogP contribution >= 0.6 is 23.2 Å². The van der Waals surface area contributed by atoms with Crippen LogP contribution in [0.2, 0.25) is 10.0 Å². The minimum atomic E-state index is -0.445. The van der Waals surface area contributed by atoms with Gasteiger partial charge in [0, 0.05) is 19.2 Å². The molecule has 1 aliphatic heterocycles. The number of nitro groups is 1. The lowest BCUT2D eigenvalue weighted by Gasteiger charge is -2.32. The summed E-state index contributed by atoms with van der Waals surface area (Å²) in [7, 11) is 0. The molecule has 0 N–H and O–H groups in total. The average molecular weight is 382 g/mol. The van der Waals surface area contributed by atoms with Crippen LogP contribution in [-0.4, -0.2) is 29.1 Å². The van der Waals surface area contributed by atoms with Gasteiger partial charge in [0.2, 0.25) is 0 Å². The molecule has 2 heterocycles. The number of hydrogen-bond acceptors (Lipinski definition) is 5. The number of benzene rings is 1. The molecule has 0 saturated carbocycles. The van der Waals surface area contributed by atoms with E-state index >= 15 is 0 Å². The molecule has 3 rings (SSSR count). The fourth-order valence-electron chi connectivity index (χ4n) is 2.77. The monoisotopic (exact) mass is 381 g/mol. The van der Waals surface area contributed by atoms with Gasteiger partial charge in [0.05, 0.1) is 27.7 Å². The van der Waals surface area contributed by atoms with Gasteiger partial charge in [-0.3, -0.25) is 10.1 Å². The standard InChI is InChI=1S/C17H17Cl2N3O3/c18-15-3-1-12(9-16(15)19)11-25-14-5-7-21(8-6-14)17-4-2-13(10-20-17)22(23)24/h1-4,9-10,14H,5-8,11H2. The first-order valence-corrected chi connectivity index (χ1v) is 8.69. The van der Waals surface area contributed by atoms with Crippen molar-refractivity contribution in [3.63, 3.8) is 0 Å². The molecule has 132 valence electrons. The van der Waals surface area contributed by atoms with Gasteiger partial charge in [0.25, 0.3) is 5.69 Å². The first-order chi connectivity index (χ1) is 12.0. The summed E-state index contributed by atoms with van der Waals surface area (Å²) >= 11 is 11.9. The molecule has 0 radical (unpaired) electrons. The van der Waals surface area contributed by atoms with Crippen LogP contribution in [0.1, 0.15) is 18.4 Å². The van der Waals surface area contributed by atoms with Crippen molar-refractivity contribution in [2.75, 3.05) is 18.0 Å². The Kier molecular flexibility index (Phi) is 5.73. The summed E-state index contributed by atoms with van der Waals surface area (Å²) in [4.78, 5) is 16.5. The molecular weight excluding hydrogens is 365 g/mol. The van der Waals surface area contributed by atoms with Gasteiger partial charge in [-0.05, 0) is 36.6 Å². The van der Waals surface area contributed by atoms with Crippen molar-refractivity contribution in [2.24, 2.45) is 0 Å². The van der Waals surface area contributed by atoms with Gasteiger partial charge in [0.15, 0.2) is 0 Å². The Morgan fingerprint density at radius 2 is 1.96 bits per heavy atom. The summed E-state index contributed by atoms with van der Waals surface area (Å²) in [6.45, 7) is 2.10. The molecule has 0 bridgehead atoms. The van der Waals surface area contributed by atoms with E-state index in [-0.39, 0.29) is 11.8 Å². The van der Waals surface area contributed by atoms with Gasteiger partial charge in [-0.15, -0.1) is 0 Å². The zero-order valence-corrected chi connectivity index (χ0v) is 14.9. The highest BCUT2D eigenvalue weighted by molar-refractivity contribution is 6.42. The number of aromatic nitrogens is 1. The highest BCUT2D eigenvalue weighted by Gasteiger charge is 2.21. The molecule has 8 heteroatoms. The predicted octanol–water partition coefficient (Wildman–Crippen LogP) is 4.48. The first kappa shape index (κ1) is 17.9. The van der Waals surface area contributed by atoms with Crippen LogP contribution in [0.25, 0.3) is 0 Å². The molecule has 6 nitrogen and oxygen atoms in total. The van der Waals surface area contributed by atoms with Gasteiger partial charge in [-0.1, -0.05) is 29.3 Å². The quantitative estimate of drug-likeness (QED) is 0.563. The second kappa shape index (κ2) is 7.99. The Hall–Kier alpha value is -1.89. The fourth-order valence-corrected chi connectivity index (χ4v) is 3.09. The Labute approximate surface area is 155 Å². The summed E-state index contributed by atoms with van der Waals surface area (Å²) in [5, 5.41) is 11.7. The van der Waals surface area contributed by atoms with Gasteiger partial charge < -0.3 is 9.64 Å². The van der Waals surface area contributed by atoms with Gasteiger partial charge in [0.1, 0.15) is 12.0 Å². The van der Waals surface area contributed by atoms with E-state index in [1.54, 1.807) is 12.1 Å². The number of nitrogens with zero attached hydrogens (tertiary/aromatic N) is 3. The molecule has 1 aromatic carbocycles. The summed E-state index contributed by atoms with van der Waals surface area (Å²) < 4.78 is 5.96. The molecular formula is C17H17Cl2N3O3. The summed E-state index contributed by atoms with van der Waals surface area (Å²) in [5.41, 5.74) is 0.998. The van der Waals surface area contributed by atoms with Gasteiger partial charge in [-0.25, -0.2) is 4.98 Å². The highest BCUT2D eigenvalue weighted by atomic mass is 35.5. The zero-order valence-electron chi connectivity index (χ0n) is 13.4. The topological polar surface area (TPSA) is 68.5 Å². The van der Waals surface area contributed by atoms with Gasteiger partial charge >= 0.3 is 0 Å². The molecule has 1 aliphatic rings. The fraction of sp³-hybridized carbons (Fsp3) is 0.353. The van der Waals surface area contributed by atoms with E-state index in [1.807, 2.05) is 12.1 Å². The van der Waals surface area contributed by atoms with Crippen LogP contribution in [0.3, 0.4) is 0 Å². The van der Waals surface area contributed by atoms with Crippen LogP contribution in [0.4, 0.5) is 11.5 Å². The molecule has 2 aromatic rings. The lowest BCUT2D eigenvalue weighted by molar-refractivity contribution is -0.385. The third kappa shape index (κ3) is 4.60. The molecule has 1 saturated heterocycles. The number of halogens is 2. The highest BCUT2D eigenvalue weighted by Crippen LogP contribution is 2.25. The van der Waals surface area contributed by atoms with E-state index in [4.69, 9.17) is 27.9 Å².